The monoisotopic (exact) mass is 312 g/mol. The fourth-order valence-corrected chi connectivity index (χ4v) is 2.57. The van der Waals surface area contributed by atoms with Gasteiger partial charge in [-0.2, -0.15) is 0 Å². The van der Waals surface area contributed by atoms with Gasteiger partial charge in [-0.3, -0.25) is 9.59 Å². The highest BCUT2D eigenvalue weighted by Gasteiger charge is 2.39. The lowest BCUT2D eigenvalue weighted by atomic mass is 10.0. The van der Waals surface area contributed by atoms with Gasteiger partial charge in [0.2, 0.25) is 11.8 Å². The number of nitrogens with zero attached hydrogens (tertiary/aromatic N) is 1. The predicted molar refractivity (Wildman–Crippen MR) is 78.3 cm³/mol. The number of benzene rings is 1. The van der Waals surface area contributed by atoms with Crippen molar-refractivity contribution in [2.45, 2.75) is 45.3 Å². The second-order valence-electron chi connectivity index (χ2n) is 5.91. The molecule has 1 aliphatic rings. The zero-order valence-corrected chi connectivity index (χ0v) is 13.0. The molecule has 2 rings (SSSR count). The van der Waals surface area contributed by atoms with E-state index in [9.17, 15) is 14.0 Å². The molecule has 1 fully saturated rings. The highest BCUT2D eigenvalue weighted by Crippen LogP contribution is 2.22. The fourth-order valence-electron chi connectivity index (χ4n) is 2.45. The summed E-state index contributed by atoms with van der Waals surface area (Å²) in [6, 6.07) is 4.21. The Hall–Kier alpha value is -1.62. The average Bonchev–Trinajstić information content (AvgIpc) is 2.43. The molecule has 0 radical (unpaired) electrons. The Kier molecular flexibility index (Phi) is 4.23. The zero-order valence-electron chi connectivity index (χ0n) is 12.2. The third kappa shape index (κ3) is 3.35. The van der Waals surface area contributed by atoms with E-state index in [1.54, 1.807) is 24.8 Å². The Morgan fingerprint density at radius 3 is 2.71 bits per heavy atom. The van der Waals surface area contributed by atoms with Crippen molar-refractivity contribution in [1.82, 2.24) is 10.2 Å². The first kappa shape index (κ1) is 15.8. The summed E-state index contributed by atoms with van der Waals surface area (Å²) in [6.45, 7) is 5.39. The molecular weight excluding hydrogens is 295 g/mol. The molecule has 0 saturated carbocycles. The Labute approximate surface area is 128 Å². The van der Waals surface area contributed by atoms with Crippen LogP contribution in [0.15, 0.2) is 18.2 Å². The van der Waals surface area contributed by atoms with Gasteiger partial charge in [-0.25, -0.2) is 4.39 Å². The number of halogens is 2. The first-order valence-electron chi connectivity index (χ1n) is 6.76. The number of carbonyl (C=O) groups excluding carboxylic acids is 2. The lowest BCUT2D eigenvalue weighted by Crippen LogP contribution is -2.53. The molecule has 1 aromatic carbocycles. The van der Waals surface area contributed by atoms with E-state index >= 15 is 0 Å². The highest BCUT2D eigenvalue weighted by molar-refractivity contribution is 6.30. The molecule has 0 aliphatic carbocycles. The van der Waals surface area contributed by atoms with Crippen LogP contribution in [-0.4, -0.2) is 28.3 Å². The van der Waals surface area contributed by atoms with E-state index in [1.165, 1.54) is 12.1 Å². The summed E-state index contributed by atoms with van der Waals surface area (Å²) in [5.41, 5.74) is -0.324. The topological polar surface area (TPSA) is 49.4 Å². The van der Waals surface area contributed by atoms with E-state index in [4.69, 9.17) is 11.6 Å². The van der Waals surface area contributed by atoms with Gasteiger partial charge >= 0.3 is 0 Å². The third-order valence-corrected chi connectivity index (χ3v) is 3.90. The normalized spacial score (nSPS) is 22.0. The summed E-state index contributed by atoms with van der Waals surface area (Å²) < 4.78 is 13.5. The maximum atomic E-state index is 13.5. The quantitative estimate of drug-likeness (QED) is 0.912. The van der Waals surface area contributed by atoms with Gasteiger partial charge in [0.1, 0.15) is 11.4 Å². The largest absolute Gasteiger partial charge is 0.342 e. The van der Waals surface area contributed by atoms with Crippen LogP contribution in [0.25, 0.3) is 0 Å². The van der Waals surface area contributed by atoms with E-state index in [2.05, 4.69) is 5.32 Å². The summed E-state index contributed by atoms with van der Waals surface area (Å²) in [4.78, 5) is 26.0. The van der Waals surface area contributed by atoms with Crippen molar-refractivity contribution in [2.24, 2.45) is 0 Å². The van der Waals surface area contributed by atoms with Crippen molar-refractivity contribution in [2.75, 3.05) is 0 Å². The molecule has 0 aromatic heterocycles. The van der Waals surface area contributed by atoms with Gasteiger partial charge in [0.15, 0.2) is 0 Å². The van der Waals surface area contributed by atoms with E-state index in [0.29, 0.717) is 5.56 Å². The predicted octanol–water partition coefficient (Wildman–Crippen LogP) is 2.49. The van der Waals surface area contributed by atoms with Crippen molar-refractivity contribution in [3.05, 3.63) is 34.6 Å². The molecule has 1 saturated heterocycles. The number of carbonyl (C=O) groups is 2. The van der Waals surface area contributed by atoms with Crippen molar-refractivity contribution in [3.8, 4) is 0 Å². The van der Waals surface area contributed by atoms with Crippen molar-refractivity contribution >= 4 is 23.4 Å². The average molecular weight is 313 g/mol. The standard InChI is InChI=1S/C15H18ClFN2O2/c1-9-6-13(20)18-15(2,3)14(21)19(9)8-10-4-5-11(16)12(17)7-10/h4-5,7,9H,6,8H2,1-3H3,(H,18,20). The maximum Gasteiger partial charge on any atom is 0.248 e. The fraction of sp³-hybridized carbons (Fsp3) is 0.467. The Morgan fingerprint density at radius 2 is 2.10 bits per heavy atom. The van der Waals surface area contributed by atoms with Gasteiger partial charge in [0.25, 0.3) is 0 Å². The molecule has 2 amide bonds. The van der Waals surface area contributed by atoms with Crippen molar-refractivity contribution in [1.29, 1.82) is 0 Å². The molecule has 1 unspecified atom stereocenters. The molecule has 1 aliphatic heterocycles. The van der Waals surface area contributed by atoms with Crippen LogP contribution in [0.4, 0.5) is 4.39 Å². The minimum absolute atomic E-state index is 0.0474. The first-order valence-corrected chi connectivity index (χ1v) is 7.14. The van der Waals surface area contributed by atoms with Crippen LogP contribution in [0, 0.1) is 5.82 Å². The molecule has 0 spiro atoms. The van der Waals surface area contributed by atoms with Gasteiger partial charge in [-0.1, -0.05) is 17.7 Å². The van der Waals surface area contributed by atoms with E-state index in [1.807, 2.05) is 6.92 Å². The van der Waals surface area contributed by atoms with Gasteiger partial charge in [0.05, 0.1) is 5.02 Å². The van der Waals surface area contributed by atoms with Crippen LogP contribution in [0.5, 0.6) is 0 Å². The minimum Gasteiger partial charge on any atom is -0.342 e. The Bertz CT molecular complexity index is 589. The third-order valence-electron chi connectivity index (χ3n) is 3.60. The Balaban J connectivity index is 2.29. The molecule has 1 heterocycles. The summed E-state index contributed by atoms with van der Waals surface area (Å²) in [5.74, 6) is -0.862. The van der Waals surface area contributed by atoms with E-state index < -0.39 is 11.4 Å². The molecule has 1 atom stereocenters. The van der Waals surface area contributed by atoms with Gasteiger partial charge in [-0.15, -0.1) is 0 Å². The van der Waals surface area contributed by atoms with Gasteiger partial charge in [0, 0.05) is 19.0 Å². The Morgan fingerprint density at radius 1 is 1.43 bits per heavy atom. The lowest BCUT2D eigenvalue weighted by Gasteiger charge is -2.32. The molecule has 0 bridgehead atoms. The second kappa shape index (κ2) is 5.64. The molecular formula is C15H18ClFN2O2. The molecule has 114 valence electrons. The smallest absolute Gasteiger partial charge is 0.248 e. The molecule has 21 heavy (non-hydrogen) atoms. The SMILES string of the molecule is CC1CC(=O)NC(C)(C)C(=O)N1Cc1ccc(Cl)c(F)c1. The van der Waals surface area contributed by atoms with Crippen LogP contribution in [0.2, 0.25) is 5.02 Å². The van der Waals surface area contributed by atoms with E-state index in [-0.39, 0.29) is 35.8 Å². The number of rotatable bonds is 2. The van der Waals surface area contributed by atoms with Gasteiger partial charge < -0.3 is 10.2 Å². The summed E-state index contributed by atoms with van der Waals surface area (Å²) in [7, 11) is 0. The maximum absolute atomic E-state index is 13.5. The summed E-state index contributed by atoms with van der Waals surface area (Å²) in [6.07, 6.45) is 0.227. The van der Waals surface area contributed by atoms with E-state index in [0.717, 1.165) is 0 Å². The molecule has 1 aromatic rings. The number of amides is 2. The summed E-state index contributed by atoms with van der Waals surface area (Å²) >= 11 is 5.66. The van der Waals surface area contributed by atoms with Crippen LogP contribution in [-0.2, 0) is 16.1 Å². The van der Waals surface area contributed by atoms with Crippen LogP contribution < -0.4 is 5.32 Å². The number of nitrogens with one attached hydrogen (secondary N) is 1. The lowest BCUT2D eigenvalue weighted by molar-refractivity contribution is -0.139. The first-order chi connectivity index (χ1) is 9.70. The zero-order chi connectivity index (χ0) is 15.8. The number of hydrogen-bond acceptors (Lipinski definition) is 2. The number of hydrogen-bond donors (Lipinski definition) is 1. The highest BCUT2D eigenvalue weighted by atomic mass is 35.5. The van der Waals surface area contributed by atoms with Crippen molar-refractivity contribution < 1.29 is 14.0 Å². The van der Waals surface area contributed by atoms with Crippen LogP contribution >= 0.6 is 11.6 Å². The molecule has 6 heteroatoms. The summed E-state index contributed by atoms with van der Waals surface area (Å²) in [5, 5.41) is 2.76. The molecule has 1 N–H and O–H groups in total. The van der Waals surface area contributed by atoms with Crippen LogP contribution in [0.1, 0.15) is 32.8 Å². The minimum atomic E-state index is -0.965. The van der Waals surface area contributed by atoms with Gasteiger partial charge in [-0.05, 0) is 38.5 Å². The second-order valence-corrected chi connectivity index (χ2v) is 6.32. The van der Waals surface area contributed by atoms with Crippen LogP contribution in [0.3, 0.4) is 0 Å². The van der Waals surface area contributed by atoms with Crippen molar-refractivity contribution in [3.63, 3.8) is 0 Å². The molecule has 4 nitrogen and oxygen atoms in total.